The van der Waals surface area contributed by atoms with Crippen LogP contribution in [0.1, 0.15) is 39.5 Å². The van der Waals surface area contributed by atoms with Crippen molar-refractivity contribution in [2.75, 3.05) is 6.61 Å². The molecule has 0 saturated heterocycles. The van der Waals surface area contributed by atoms with E-state index >= 15 is 0 Å². The largest absolute Gasteiger partial charge is 0.396 e. The number of carbonyl (C=O) groups is 1. The zero-order chi connectivity index (χ0) is 11.0. The maximum absolute atomic E-state index is 11.2. The molecule has 2 atom stereocenters. The molecule has 0 spiro atoms. The molecule has 4 nitrogen and oxygen atoms in total. The highest BCUT2D eigenvalue weighted by Gasteiger charge is 2.07. The average Bonchev–Trinajstić information content (AvgIpc) is 2.11. The van der Waals surface area contributed by atoms with E-state index in [1.165, 1.54) is 0 Å². The van der Waals surface area contributed by atoms with Crippen LogP contribution in [0, 0.1) is 0 Å². The summed E-state index contributed by atoms with van der Waals surface area (Å²) in [6.07, 6.45) is 1.93. The van der Waals surface area contributed by atoms with Crippen LogP contribution < -0.4 is 5.32 Å². The Hall–Kier alpha value is -0.610. The van der Waals surface area contributed by atoms with Crippen LogP contribution in [0.5, 0.6) is 0 Å². The molecule has 14 heavy (non-hydrogen) atoms. The van der Waals surface area contributed by atoms with Gasteiger partial charge in [0.05, 0.1) is 6.10 Å². The zero-order valence-electron chi connectivity index (χ0n) is 8.99. The van der Waals surface area contributed by atoms with Crippen molar-refractivity contribution in [2.45, 2.75) is 51.7 Å². The van der Waals surface area contributed by atoms with Gasteiger partial charge in [0.15, 0.2) is 0 Å². The molecule has 1 amide bonds. The van der Waals surface area contributed by atoms with Crippen molar-refractivity contribution in [1.29, 1.82) is 0 Å². The first kappa shape index (κ1) is 13.4. The highest BCUT2D eigenvalue weighted by atomic mass is 16.3. The van der Waals surface area contributed by atoms with Gasteiger partial charge in [-0.25, -0.2) is 0 Å². The van der Waals surface area contributed by atoms with E-state index in [2.05, 4.69) is 5.32 Å². The molecule has 0 radical (unpaired) electrons. The number of rotatable bonds is 7. The quantitative estimate of drug-likeness (QED) is 0.562. The Morgan fingerprint density at radius 2 is 2.00 bits per heavy atom. The molecule has 84 valence electrons. The van der Waals surface area contributed by atoms with Crippen LogP contribution in [0.15, 0.2) is 0 Å². The lowest BCUT2D eigenvalue weighted by molar-refractivity contribution is -0.122. The van der Waals surface area contributed by atoms with Crippen molar-refractivity contribution >= 4 is 5.91 Å². The molecule has 0 saturated carbocycles. The second kappa shape index (κ2) is 7.76. The second-order valence-electron chi connectivity index (χ2n) is 3.72. The van der Waals surface area contributed by atoms with Gasteiger partial charge in [-0.2, -0.15) is 0 Å². The maximum atomic E-state index is 11.2. The van der Waals surface area contributed by atoms with E-state index in [1.54, 1.807) is 6.92 Å². The predicted octanol–water partition coefficient (Wildman–Crippen LogP) is 0.425. The van der Waals surface area contributed by atoms with Gasteiger partial charge < -0.3 is 15.5 Å². The van der Waals surface area contributed by atoms with Gasteiger partial charge in [-0.3, -0.25) is 4.79 Å². The standard InChI is InChI=1S/C10H21NO3/c1-8(4-3-7-12)11-10(14)6-5-9(2)13/h8-9,12-13H,3-7H2,1-2H3,(H,11,14). The van der Waals surface area contributed by atoms with Crippen LogP contribution in [0.4, 0.5) is 0 Å². The topological polar surface area (TPSA) is 69.6 Å². The lowest BCUT2D eigenvalue weighted by Crippen LogP contribution is -2.32. The summed E-state index contributed by atoms with van der Waals surface area (Å²) in [5, 5.41) is 20.4. The Balaban J connectivity index is 3.50. The summed E-state index contributed by atoms with van der Waals surface area (Å²) in [6.45, 7) is 3.74. The summed E-state index contributed by atoms with van der Waals surface area (Å²) >= 11 is 0. The first-order valence-electron chi connectivity index (χ1n) is 5.14. The Bertz CT molecular complexity index is 159. The second-order valence-corrected chi connectivity index (χ2v) is 3.72. The summed E-state index contributed by atoms with van der Waals surface area (Å²) in [5.41, 5.74) is 0. The number of carbonyl (C=O) groups excluding carboxylic acids is 1. The molecule has 0 aromatic carbocycles. The summed E-state index contributed by atoms with van der Waals surface area (Å²) in [5.74, 6) is -0.0312. The Kier molecular flexibility index (Phi) is 7.42. The van der Waals surface area contributed by atoms with Gasteiger partial charge in [0.1, 0.15) is 0 Å². The summed E-state index contributed by atoms with van der Waals surface area (Å²) in [6, 6.07) is 0.101. The lowest BCUT2D eigenvalue weighted by atomic mass is 10.1. The number of nitrogens with one attached hydrogen (secondary N) is 1. The summed E-state index contributed by atoms with van der Waals surface area (Å²) < 4.78 is 0. The van der Waals surface area contributed by atoms with Gasteiger partial charge in [-0.05, 0) is 33.1 Å². The number of aliphatic hydroxyl groups excluding tert-OH is 2. The summed E-state index contributed by atoms with van der Waals surface area (Å²) in [4.78, 5) is 11.2. The van der Waals surface area contributed by atoms with Crippen LogP contribution in [-0.2, 0) is 4.79 Å². The zero-order valence-corrected chi connectivity index (χ0v) is 8.99. The fourth-order valence-corrected chi connectivity index (χ4v) is 1.16. The van der Waals surface area contributed by atoms with Crippen LogP contribution >= 0.6 is 0 Å². The minimum Gasteiger partial charge on any atom is -0.396 e. The van der Waals surface area contributed by atoms with Gasteiger partial charge in [0.2, 0.25) is 5.91 Å². The fourth-order valence-electron chi connectivity index (χ4n) is 1.16. The molecule has 0 aromatic heterocycles. The normalized spacial score (nSPS) is 14.9. The molecule has 0 aromatic rings. The number of amides is 1. The van der Waals surface area contributed by atoms with Gasteiger partial charge >= 0.3 is 0 Å². The van der Waals surface area contributed by atoms with Crippen LogP contribution in [0.3, 0.4) is 0 Å². The molecule has 2 unspecified atom stereocenters. The first-order chi connectivity index (χ1) is 6.56. The Labute approximate surface area is 85.3 Å². The van der Waals surface area contributed by atoms with Crippen molar-refractivity contribution in [3.63, 3.8) is 0 Å². The molecule has 0 rings (SSSR count). The molecule has 0 fully saturated rings. The molecule has 0 heterocycles. The van der Waals surface area contributed by atoms with Crippen molar-refractivity contribution in [3.05, 3.63) is 0 Å². The molecule has 0 aliphatic heterocycles. The molecule has 0 bridgehead atoms. The third-order valence-electron chi connectivity index (χ3n) is 1.99. The monoisotopic (exact) mass is 203 g/mol. The molecular weight excluding hydrogens is 182 g/mol. The third-order valence-corrected chi connectivity index (χ3v) is 1.99. The van der Waals surface area contributed by atoms with Gasteiger partial charge in [0.25, 0.3) is 0 Å². The Morgan fingerprint density at radius 1 is 1.36 bits per heavy atom. The van der Waals surface area contributed by atoms with E-state index in [0.29, 0.717) is 19.3 Å². The van der Waals surface area contributed by atoms with Gasteiger partial charge in [0, 0.05) is 19.1 Å². The van der Waals surface area contributed by atoms with E-state index in [4.69, 9.17) is 10.2 Å². The number of hydrogen-bond donors (Lipinski definition) is 3. The average molecular weight is 203 g/mol. The van der Waals surface area contributed by atoms with Crippen molar-refractivity contribution in [3.8, 4) is 0 Å². The van der Waals surface area contributed by atoms with E-state index < -0.39 is 6.10 Å². The SMILES string of the molecule is CC(O)CCC(=O)NC(C)CCCO. The highest BCUT2D eigenvalue weighted by Crippen LogP contribution is 1.99. The Morgan fingerprint density at radius 3 is 2.50 bits per heavy atom. The van der Waals surface area contributed by atoms with E-state index in [9.17, 15) is 4.79 Å². The maximum Gasteiger partial charge on any atom is 0.220 e. The van der Waals surface area contributed by atoms with Gasteiger partial charge in [-0.1, -0.05) is 0 Å². The third kappa shape index (κ3) is 8.01. The highest BCUT2D eigenvalue weighted by molar-refractivity contribution is 5.76. The van der Waals surface area contributed by atoms with Crippen LogP contribution in [0.2, 0.25) is 0 Å². The summed E-state index contributed by atoms with van der Waals surface area (Å²) in [7, 11) is 0. The molecule has 4 heteroatoms. The first-order valence-corrected chi connectivity index (χ1v) is 5.14. The van der Waals surface area contributed by atoms with E-state index in [1.807, 2.05) is 6.92 Å². The minimum atomic E-state index is -0.423. The molecule has 0 aliphatic carbocycles. The smallest absolute Gasteiger partial charge is 0.220 e. The molecule has 3 N–H and O–H groups in total. The van der Waals surface area contributed by atoms with Crippen molar-refractivity contribution < 1.29 is 15.0 Å². The predicted molar refractivity (Wildman–Crippen MR) is 54.8 cm³/mol. The number of aliphatic hydroxyl groups is 2. The van der Waals surface area contributed by atoms with Crippen LogP contribution in [0.25, 0.3) is 0 Å². The molecular formula is C10H21NO3. The molecule has 0 aliphatic rings. The lowest BCUT2D eigenvalue weighted by Gasteiger charge is -2.13. The fraction of sp³-hybridized carbons (Fsp3) is 0.900. The van der Waals surface area contributed by atoms with E-state index in [0.717, 1.165) is 6.42 Å². The van der Waals surface area contributed by atoms with Crippen LogP contribution in [-0.4, -0.2) is 34.9 Å². The minimum absolute atomic E-state index is 0.0312. The van der Waals surface area contributed by atoms with Crippen molar-refractivity contribution in [2.24, 2.45) is 0 Å². The van der Waals surface area contributed by atoms with Gasteiger partial charge in [-0.15, -0.1) is 0 Å². The van der Waals surface area contributed by atoms with E-state index in [-0.39, 0.29) is 18.6 Å². The van der Waals surface area contributed by atoms with Crippen molar-refractivity contribution in [1.82, 2.24) is 5.32 Å². The number of hydrogen-bond acceptors (Lipinski definition) is 3.